The summed E-state index contributed by atoms with van der Waals surface area (Å²) < 4.78 is 77.4. The van der Waals surface area contributed by atoms with Gasteiger partial charge in [0.25, 0.3) is 5.56 Å². The van der Waals surface area contributed by atoms with Crippen LogP contribution in [0.2, 0.25) is 0 Å². The molecule has 2 aromatic rings. The number of nitrogens with one attached hydrogen (secondary N) is 1. The van der Waals surface area contributed by atoms with Gasteiger partial charge in [-0.2, -0.15) is 26.3 Å². The van der Waals surface area contributed by atoms with Gasteiger partial charge in [0.15, 0.2) is 5.69 Å². The van der Waals surface area contributed by atoms with Crippen LogP contribution in [0.3, 0.4) is 0 Å². The molecule has 0 aliphatic rings. The molecule has 0 amide bonds. The van der Waals surface area contributed by atoms with Gasteiger partial charge in [-0.15, -0.1) is 0 Å². The molecule has 9 heteroatoms. The molecule has 1 aromatic carbocycles. The quantitative estimate of drug-likeness (QED) is 0.852. The molecule has 2 rings (SSSR count). The number of hydrogen-bond acceptors (Lipinski definition) is 2. The van der Waals surface area contributed by atoms with Crippen LogP contribution in [0.25, 0.3) is 0 Å². The number of hydrogen-bond donors (Lipinski definition) is 1. The van der Waals surface area contributed by atoms with Crippen LogP contribution < -0.4 is 5.56 Å². The topological polar surface area (TPSA) is 45.8 Å². The zero-order valence-corrected chi connectivity index (χ0v) is 12.3. The Bertz CT molecular complexity index is 792. The van der Waals surface area contributed by atoms with Gasteiger partial charge in [-0.3, -0.25) is 4.79 Å². The minimum Gasteiger partial charge on any atom is -0.310 e. The van der Waals surface area contributed by atoms with Crippen molar-refractivity contribution in [1.82, 2.24) is 9.97 Å². The second kappa shape index (κ2) is 6.29. The molecule has 1 N–H and O–H groups in total. The van der Waals surface area contributed by atoms with E-state index in [1.165, 1.54) is 13.0 Å². The summed E-state index contributed by atoms with van der Waals surface area (Å²) in [5.74, 6) is -0.139. The molecule has 24 heavy (non-hydrogen) atoms. The molecule has 0 fully saturated rings. The lowest BCUT2D eigenvalue weighted by molar-refractivity contribution is -0.142. The van der Waals surface area contributed by atoms with E-state index in [0.29, 0.717) is 6.07 Å². The van der Waals surface area contributed by atoms with Crippen molar-refractivity contribution < 1.29 is 26.3 Å². The lowest BCUT2D eigenvalue weighted by atomic mass is 10.0. The van der Waals surface area contributed by atoms with Crippen molar-refractivity contribution in [3.05, 3.63) is 62.8 Å². The first kappa shape index (κ1) is 18.0. The Kier molecular flexibility index (Phi) is 4.73. The van der Waals surface area contributed by atoms with E-state index in [2.05, 4.69) is 9.97 Å². The summed E-state index contributed by atoms with van der Waals surface area (Å²) in [6, 6.07) is 3.82. The number of H-pyrrole nitrogens is 1. The maximum atomic E-state index is 13.1. The van der Waals surface area contributed by atoms with Gasteiger partial charge in [0.05, 0.1) is 11.1 Å². The second-order valence-electron chi connectivity index (χ2n) is 5.07. The fraction of sp³-hybridized carbons (Fsp3) is 0.333. The van der Waals surface area contributed by atoms with E-state index in [0.717, 1.165) is 12.1 Å². The molecule has 0 atom stereocenters. The molecular formula is C15H12F6N2O. The van der Waals surface area contributed by atoms with Crippen molar-refractivity contribution in [1.29, 1.82) is 0 Å². The minimum absolute atomic E-state index is 0.0631. The van der Waals surface area contributed by atoms with Crippen LogP contribution in [0.4, 0.5) is 26.3 Å². The number of aromatic nitrogens is 2. The van der Waals surface area contributed by atoms with Crippen molar-refractivity contribution in [3.63, 3.8) is 0 Å². The number of benzene rings is 1. The molecule has 0 aliphatic heterocycles. The molecule has 0 aliphatic carbocycles. The highest BCUT2D eigenvalue weighted by Crippen LogP contribution is 2.32. The van der Waals surface area contributed by atoms with E-state index in [-0.39, 0.29) is 17.8 Å². The Morgan fingerprint density at radius 1 is 1.08 bits per heavy atom. The molecule has 0 saturated carbocycles. The van der Waals surface area contributed by atoms with Gasteiger partial charge in [-0.05, 0) is 11.6 Å². The van der Waals surface area contributed by atoms with Crippen LogP contribution in [0.5, 0.6) is 0 Å². The minimum atomic E-state index is -4.88. The molecule has 1 aromatic heterocycles. The van der Waals surface area contributed by atoms with Crippen molar-refractivity contribution in [2.24, 2.45) is 0 Å². The lowest BCUT2D eigenvalue weighted by Gasteiger charge is -2.13. The van der Waals surface area contributed by atoms with Gasteiger partial charge >= 0.3 is 12.4 Å². The van der Waals surface area contributed by atoms with Crippen molar-refractivity contribution >= 4 is 0 Å². The Morgan fingerprint density at radius 3 is 2.29 bits per heavy atom. The van der Waals surface area contributed by atoms with Gasteiger partial charge in [0.2, 0.25) is 0 Å². The number of halogens is 6. The van der Waals surface area contributed by atoms with Crippen molar-refractivity contribution in [2.75, 3.05) is 0 Å². The standard InChI is InChI=1S/C15H12F6N2O/c1-2-11-22-12(15(19,20)21)10(13(24)23-11)7-8-4-3-5-9(6-8)14(16,17)18/h3-6H,2,7H2,1H3,(H,22,23,24). The summed E-state index contributed by atoms with van der Waals surface area (Å²) in [6.07, 6.45) is -10.0. The number of aromatic amines is 1. The third-order valence-corrected chi connectivity index (χ3v) is 3.30. The maximum Gasteiger partial charge on any atom is 0.433 e. The predicted molar refractivity (Wildman–Crippen MR) is 73.5 cm³/mol. The average Bonchev–Trinajstić information content (AvgIpc) is 2.47. The van der Waals surface area contributed by atoms with E-state index >= 15 is 0 Å². The van der Waals surface area contributed by atoms with Crippen molar-refractivity contribution in [2.45, 2.75) is 32.1 Å². The average molecular weight is 350 g/mol. The second-order valence-corrected chi connectivity index (χ2v) is 5.07. The third-order valence-electron chi connectivity index (χ3n) is 3.30. The van der Waals surface area contributed by atoms with Gasteiger partial charge in [-0.1, -0.05) is 25.1 Å². The third kappa shape index (κ3) is 3.95. The fourth-order valence-corrected chi connectivity index (χ4v) is 2.17. The molecule has 3 nitrogen and oxygen atoms in total. The molecule has 0 unspecified atom stereocenters. The van der Waals surface area contributed by atoms with Gasteiger partial charge in [0, 0.05) is 12.8 Å². The van der Waals surface area contributed by atoms with Gasteiger partial charge in [0.1, 0.15) is 5.82 Å². The molecule has 0 saturated heterocycles. The highest BCUT2D eigenvalue weighted by molar-refractivity contribution is 5.32. The molecular weight excluding hydrogens is 338 g/mol. The van der Waals surface area contributed by atoms with Gasteiger partial charge < -0.3 is 4.98 Å². The highest BCUT2D eigenvalue weighted by atomic mass is 19.4. The Hall–Kier alpha value is -2.32. The largest absolute Gasteiger partial charge is 0.433 e. The Balaban J connectivity index is 2.52. The smallest absolute Gasteiger partial charge is 0.310 e. The van der Waals surface area contributed by atoms with Crippen LogP contribution in [-0.2, 0) is 25.2 Å². The fourth-order valence-electron chi connectivity index (χ4n) is 2.17. The van der Waals surface area contributed by atoms with E-state index in [9.17, 15) is 31.1 Å². The zero-order valence-electron chi connectivity index (χ0n) is 12.3. The summed E-state index contributed by atoms with van der Waals surface area (Å²) in [5, 5.41) is 0. The van der Waals surface area contributed by atoms with Gasteiger partial charge in [-0.25, -0.2) is 4.98 Å². The first-order valence-corrected chi connectivity index (χ1v) is 6.87. The summed E-state index contributed by atoms with van der Waals surface area (Å²) >= 11 is 0. The maximum absolute atomic E-state index is 13.1. The normalized spacial score (nSPS) is 12.5. The summed E-state index contributed by atoms with van der Waals surface area (Å²) in [6.45, 7) is 1.52. The first-order valence-electron chi connectivity index (χ1n) is 6.87. The zero-order chi connectivity index (χ0) is 18.1. The summed E-state index contributed by atoms with van der Waals surface area (Å²) in [7, 11) is 0. The van der Waals surface area contributed by atoms with Crippen LogP contribution >= 0.6 is 0 Å². The van der Waals surface area contributed by atoms with Crippen LogP contribution in [0, 0.1) is 0 Å². The number of aryl methyl sites for hydroxylation is 1. The van der Waals surface area contributed by atoms with E-state index in [4.69, 9.17) is 0 Å². The highest BCUT2D eigenvalue weighted by Gasteiger charge is 2.37. The summed E-state index contributed by atoms with van der Waals surface area (Å²) in [5.41, 5.74) is -4.15. The summed E-state index contributed by atoms with van der Waals surface area (Å²) in [4.78, 5) is 17.5. The monoisotopic (exact) mass is 350 g/mol. The van der Waals surface area contributed by atoms with Crippen molar-refractivity contribution in [3.8, 4) is 0 Å². The first-order chi connectivity index (χ1) is 11.0. The Labute approximate surface area is 132 Å². The van der Waals surface area contributed by atoms with E-state index in [1.807, 2.05) is 0 Å². The Morgan fingerprint density at radius 2 is 1.75 bits per heavy atom. The predicted octanol–water partition coefficient (Wildman–Crippen LogP) is 3.96. The molecule has 0 bridgehead atoms. The molecule has 0 radical (unpaired) electrons. The number of rotatable bonds is 3. The number of alkyl halides is 6. The van der Waals surface area contributed by atoms with Crippen LogP contribution in [-0.4, -0.2) is 9.97 Å². The molecule has 1 heterocycles. The van der Waals surface area contributed by atoms with Crippen LogP contribution in [0.15, 0.2) is 29.1 Å². The SMILES string of the molecule is CCc1nc(C(F)(F)F)c(Cc2cccc(C(F)(F)F)c2)c(=O)[nH]1. The molecule has 0 spiro atoms. The molecule has 130 valence electrons. The van der Waals surface area contributed by atoms with E-state index < -0.39 is 41.2 Å². The van der Waals surface area contributed by atoms with Crippen LogP contribution in [0.1, 0.15) is 35.1 Å². The van der Waals surface area contributed by atoms with E-state index in [1.54, 1.807) is 0 Å². The lowest BCUT2D eigenvalue weighted by Crippen LogP contribution is -2.25. The number of nitrogens with zero attached hydrogens (tertiary/aromatic N) is 1.